The predicted octanol–water partition coefficient (Wildman–Crippen LogP) is 3.65. The van der Waals surface area contributed by atoms with Gasteiger partial charge in [-0.15, -0.1) is 11.8 Å². The normalized spacial score (nSPS) is 24.5. The van der Waals surface area contributed by atoms with Crippen LogP contribution in [0.2, 0.25) is 0 Å². The van der Waals surface area contributed by atoms with Crippen molar-refractivity contribution in [1.29, 1.82) is 0 Å². The Morgan fingerprint density at radius 1 is 1.56 bits per heavy atom. The van der Waals surface area contributed by atoms with Gasteiger partial charge in [-0.25, -0.2) is 14.2 Å². The number of pyridine rings is 1. The van der Waals surface area contributed by atoms with Crippen molar-refractivity contribution in [3.8, 4) is 0 Å². The van der Waals surface area contributed by atoms with E-state index in [4.69, 9.17) is 0 Å². The van der Waals surface area contributed by atoms with Gasteiger partial charge >= 0.3 is 0 Å². The van der Waals surface area contributed by atoms with Crippen molar-refractivity contribution in [2.24, 2.45) is 5.92 Å². The zero-order chi connectivity index (χ0) is 19.6. The third-order valence-electron chi connectivity index (χ3n) is 4.99. The fraction of sp³-hybridized carbons (Fsp3) is 0.579. The van der Waals surface area contributed by atoms with Crippen LogP contribution >= 0.6 is 11.8 Å². The van der Waals surface area contributed by atoms with Crippen LogP contribution in [0.5, 0.6) is 0 Å². The largest absolute Gasteiger partial charge is 0.312 e. The van der Waals surface area contributed by atoms with Gasteiger partial charge in [-0.05, 0) is 45.1 Å². The Hall–Kier alpha value is -1.67. The molecule has 0 saturated heterocycles. The quantitative estimate of drug-likeness (QED) is 0.727. The predicted molar refractivity (Wildman–Crippen MR) is 104 cm³/mol. The number of hydrazine groups is 1. The average Bonchev–Trinajstić information content (AvgIpc) is 3.08. The molecule has 1 aliphatic heterocycles. The number of aromatic nitrogens is 1. The molecule has 2 heterocycles. The molecule has 1 aromatic heterocycles. The molecule has 1 N–H and O–H groups in total. The molecule has 8 heteroatoms. The van der Waals surface area contributed by atoms with E-state index in [1.54, 1.807) is 17.3 Å². The van der Waals surface area contributed by atoms with Crippen LogP contribution in [-0.2, 0) is 4.79 Å². The van der Waals surface area contributed by atoms with Gasteiger partial charge in [0.05, 0.1) is 28.9 Å². The summed E-state index contributed by atoms with van der Waals surface area (Å²) in [6.07, 6.45) is 5.86. The number of alkyl halides is 2. The number of nitrogens with one attached hydrogen (secondary N) is 1. The van der Waals surface area contributed by atoms with E-state index in [2.05, 4.69) is 10.4 Å². The fourth-order valence-corrected chi connectivity index (χ4v) is 4.28. The summed E-state index contributed by atoms with van der Waals surface area (Å²) in [6.45, 7) is 6.36. The third-order valence-corrected chi connectivity index (χ3v) is 6.17. The van der Waals surface area contributed by atoms with Crippen LogP contribution in [0.4, 0.5) is 14.5 Å². The maximum Gasteiger partial charge on any atom is 0.251 e. The Balaban J connectivity index is 1.60. The number of hydrogen-bond acceptors (Lipinski definition) is 5. The molecule has 0 spiro atoms. The lowest BCUT2D eigenvalue weighted by Gasteiger charge is -2.27. The maximum atomic E-state index is 13.0. The van der Waals surface area contributed by atoms with Crippen LogP contribution in [0.3, 0.4) is 0 Å². The molecule has 148 valence electrons. The molecule has 1 saturated carbocycles. The lowest BCUT2D eigenvalue weighted by atomic mass is 10.2. The first-order valence-electron chi connectivity index (χ1n) is 9.31. The molecule has 0 bridgehead atoms. The number of rotatable bonds is 8. The van der Waals surface area contributed by atoms with Crippen molar-refractivity contribution in [3.05, 3.63) is 36.4 Å². The summed E-state index contributed by atoms with van der Waals surface area (Å²) in [5.74, 6) is -2.38. The van der Waals surface area contributed by atoms with Crippen LogP contribution < -0.4 is 10.4 Å². The summed E-state index contributed by atoms with van der Waals surface area (Å²) < 4.78 is 26.0. The molecule has 1 fully saturated rings. The molecular formula is C19H26F2N4OS. The van der Waals surface area contributed by atoms with Crippen LogP contribution in [0, 0.1) is 5.92 Å². The van der Waals surface area contributed by atoms with Gasteiger partial charge < -0.3 is 4.90 Å². The van der Waals surface area contributed by atoms with Crippen molar-refractivity contribution in [2.45, 2.75) is 50.8 Å². The van der Waals surface area contributed by atoms with Crippen LogP contribution in [0.15, 0.2) is 36.4 Å². The highest BCUT2D eigenvalue weighted by Gasteiger charge is 2.55. The molecular weight excluding hydrogens is 370 g/mol. The van der Waals surface area contributed by atoms with E-state index in [1.807, 2.05) is 44.1 Å². The van der Waals surface area contributed by atoms with Crippen molar-refractivity contribution in [1.82, 2.24) is 15.3 Å². The van der Waals surface area contributed by atoms with E-state index >= 15 is 0 Å². The van der Waals surface area contributed by atoms with E-state index in [0.29, 0.717) is 18.7 Å². The summed E-state index contributed by atoms with van der Waals surface area (Å²) in [5, 5.41) is 1.61. The number of carbonyl (C=O) groups excluding carboxylic acids is 1. The summed E-state index contributed by atoms with van der Waals surface area (Å²) in [6, 6.07) is 3.78. The summed E-state index contributed by atoms with van der Waals surface area (Å²) in [4.78, 5) is 18.8. The Kier molecular flexibility index (Phi) is 6.05. The molecule has 27 heavy (non-hydrogen) atoms. The number of thioether (sulfide) groups is 1. The van der Waals surface area contributed by atoms with Gasteiger partial charge in [0, 0.05) is 31.3 Å². The highest BCUT2D eigenvalue weighted by atomic mass is 32.2. The number of likely N-dealkylation sites (N-methyl/N-ethyl adjacent to an activating group) is 1. The minimum Gasteiger partial charge on any atom is -0.312 e. The number of anilines is 1. The Bertz CT molecular complexity index is 700. The Labute approximate surface area is 163 Å². The second-order valence-corrected chi connectivity index (χ2v) is 8.48. The van der Waals surface area contributed by atoms with Gasteiger partial charge in [0.2, 0.25) is 5.91 Å². The fourth-order valence-electron chi connectivity index (χ4n) is 3.23. The molecule has 3 atom stereocenters. The zero-order valence-electron chi connectivity index (χ0n) is 15.9. The van der Waals surface area contributed by atoms with E-state index in [0.717, 1.165) is 11.4 Å². The van der Waals surface area contributed by atoms with Crippen LogP contribution in [-0.4, -0.2) is 45.3 Å². The monoisotopic (exact) mass is 396 g/mol. The number of amides is 1. The van der Waals surface area contributed by atoms with Gasteiger partial charge in [-0.1, -0.05) is 0 Å². The first-order chi connectivity index (χ1) is 12.8. The number of nitrogens with zero attached hydrogens (tertiary/aromatic N) is 3. The summed E-state index contributed by atoms with van der Waals surface area (Å²) in [7, 11) is 0. The Morgan fingerprint density at radius 2 is 2.30 bits per heavy atom. The van der Waals surface area contributed by atoms with Crippen LogP contribution in [0.25, 0.3) is 0 Å². The minimum atomic E-state index is -2.48. The molecule has 0 radical (unpaired) electrons. The lowest BCUT2D eigenvalue weighted by molar-refractivity contribution is -0.128. The maximum absolute atomic E-state index is 13.0. The van der Waals surface area contributed by atoms with E-state index in [-0.39, 0.29) is 23.6 Å². The van der Waals surface area contributed by atoms with Crippen molar-refractivity contribution in [3.63, 3.8) is 0 Å². The highest BCUT2D eigenvalue weighted by Crippen LogP contribution is 2.51. The topological polar surface area (TPSA) is 48.5 Å². The van der Waals surface area contributed by atoms with Crippen molar-refractivity contribution in [2.75, 3.05) is 17.3 Å². The van der Waals surface area contributed by atoms with E-state index in [9.17, 15) is 13.6 Å². The van der Waals surface area contributed by atoms with E-state index in [1.165, 1.54) is 11.8 Å². The molecule has 1 aliphatic carbocycles. The number of halogens is 2. The molecule has 1 aromatic rings. The zero-order valence-corrected chi connectivity index (χ0v) is 16.7. The number of hydrogen-bond donors (Lipinski definition) is 1. The average molecular weight is 397 g/mol. The molecule has 3 unspecified atom stereocenters. The molecule has 5 nitrogen and oxygen atoms in total. The second kappa shape index (κ2) is 8.14. The lowest BCUT2D eigenvalue weighted by Crippen LogP contribution is -2.41. The standard InChI is InChI=1S/C19H26F2N4OS/c1-4-24(18(26)14(3)27-9-7-15-10-19(15,20)21)17-12-25(23-13(17)2)16-6-5-8-22-11-16/h5-6,8,11-15,23H,4,7,9-10H2,1-3H3. The van der Waals surface area contributed by atoms with Gasteiger partial charge in [-0.3, -0.25) is 14.8 Å². The van der Waals surface area contributed by atoms with Crippen LogP contribution in [0.1, 0.15) is 33.6 Å². The van der Waals surface area contributed by atoms with Gasteiger partial charge in [0.15, 0.2) is 0 Å². The van der Waals surface area contributed by atoms with Crippen molar-refractivity contribution >= 4 is 23.4 Å². The smallest absolute Gasteiger partial charge is 0.251 e. The molecule has 3 rings (SSSR count). The van der Waals surface area contributed by atoms with Gasteiger partial charge in [0.1, 0.15) is 0 Å². The molecule has 1 amide bonds. The highest BCUT2D eigenvalue weighted by molar-refractivity contribution is 8.00. The Morgan fingerprint density at radius 3 is 2.89 bits per heavy atom. The van der Waals surface area contributed by atoms with Gasteiger partial charge in [0.25, 0.3) is 5.92 Å². The molecule has 2 aliphatic rings. The molecule has 0 aromatic carbocycles. The number of carbonyl (C=O) groups is 1. The third kappa shape index (κ3) is 4.60. The first-order valence-corrected chi connectivity index (χ1v) is 10.4. The van der Waals surface area contributed by atoms with Gasteiger partial charge in [-0.2, -0.15) is 0 Å². The van der Waals surface area contributed by atoms with Crippen molar-refractivity contribution < 1.29 is 13.6 Å². The second-order valence-electron chi connectivity index (χ2n) is 7.03. The van der Waals surface area contributed by atoms with E-state index < -0.39 is 11.8 Å². The first kappa shape index (κ1) is 20.1. The minimum absolute atomic E-state index is 0.00276. The SMILES string of the molecule is CCN(C(=O)C(C)SCCC1CC1(F)F)C1=CN(c2cccnc2)NC1C. The summed E-state index contributed by atoms with van der Waals surface area (Å²) >= 11 is 1.46. The summed E-state index contributed by atoms with van der Waals surface area (Å²) in [5.41, 5.74) is 5.12.